The van der Waals surface area contributed by atoms with Gasteiger partial charge in [-0.15, -0.1) is 0 Å². The maximum atomic E-state index is 9.22. The summed E-state index contributed by atoms with van der Waals surface area (Å²) in [7, 11) is 0. The molecule has 0 fully saturated rings. The van der Waals surface area contributed by atoms with Crippen LogP contribution in [-0.2, 0) is 0 Å². The summed E-state index contributed by atoms with van der Waals surface area (Å²) in [5.74, 6) is 0.357. The Morgan fingerprint density at radius 3 is 2.21 bits per heavy atom. The smallest absolute Gasteiger partial charge is 0.124 e. The van der Waals surface area contributed by atoms with Crippen molar-refractivity contribution in [2.45, 2.75) is 0 Å². The van der Waals surface area contributed by atoms with Crippen molar-refractivity contribution in [3.8, 4) is 22.6 Å². The molecule has 0 spiro atoms. The third-order valence-corrected chi connectivity index (χ3v) is 1.99. The standard InChI is InChI=1S/C12H9O2/c13-11-6-4-9(5-7-11)10-2-1-3-12(14)8-10/h1-2,4-8,13-14H. The lowest BCUT2D eigenvalue weighted by atomic mass is 10.1. The molecule has 0 aliphatic rings. The minimum Gasteiger partial charge on any atom is -0.508 e. The molecule has 2 aromatic rings. The average Bonchev–Trinajstić information content (AvgIpc) is 2.19. The summed E-state index contributed by atoms with van der Waals surface area (Å²) in [5, 5.41) is 18.3. The van der Waals surface area contributed by atoms with Crippen LogP contribution in [0.25, 0.3) is 11.1 Å². The Bertz CT molecular complexity index is 432. The molecule has 1 radical (unpaired) electrons. The van der Waals surface area contributed by atoms with E-state index in [0.29, 0.717) is 0 Å². The number of aromatic hydroxyl groups is 2. The van der Waals surface area contributed by atoms with Crippen molar-refractivity contribution >= 4 is 0 Å². The van der Waals surface area contributed by atoms with Crippen molar-refractivity contribution in [3.63, 3.8) is 0 Å². The van der Waals surface area contributed by atoms with Gasteiger partial charge in [-0.1, -0.05) is 18.2 Å². The lowest BCUT2D eigenvalue weighted by Gasteiger charge is -2.01. The minimum atomic E-state index is 0.121. The molecule has 0 aromatic heterocycles. The van der Waals surface area contributed by atoms with Crippen LogP contribution in [0.3, 0.4) is 0 Å². The van der Waals surface area contributed by atoms with Gasteiger partial charge >= 0.3 is 0 Å². The van der Waals surface area contributed by atoms with Crippen LogP contribution in [0.1, 0.15) is 0 Å². The first kappa shape index (κ1) is 8.63. The third kappa shape index (κ3) is 1.69. The summed E-state index contributed by atoms with van der Waals surface area (Å²) >= 11 is 0. The lowest BCUT2D eigenvalue weighted by Crippen LogP contribution is -1.76. The molecule has 2 rings (SSSR count). The van der Waals surface area contributed by atoms with Crippen LogP contribution in [-0.4, -0.2) is 10.2 Å². The highest BCUT2D eigenvalue weighted by Gasteiger charge is 1.98. The monoisotopic (exact) mass is 185 g/mol. The first-order chi connectivity index (χ1) is 6.75. The predicted molar refractivity (Wildman–Crippen MR) is 54.0 cm³/mol. The van der Waals surface area contributed by atoms with Gasteiger partial charge in [-0.25, -0.2) is 0 Å². The summed E-state index contributed by atoms with van der Waals surface area (Å²) in [6.45, 7) is 0. The molecule has 0 aliphatic heterocycles. The van der Waals surface area contributed by atoms with Gasteiger partial charge in [0.15, 0.2) is 0 Å². The highest BCUT2D eigenvalue weighted by molar-refractivity contribution is 5.65. The third-order valence-electron chi connectivity index (χ3n) is 1.99. The number of phenolic OH excluding ortho intramolecular Hbond substituents is 2. The first-order valence-corrected chi connectivity index (χ1v) is 4.26. The number of rotatable bonds is 1. The maximum Gasteiger partial charge on any atom is 0.124 e. The Hall–Kier alpha value is -1.96. The number of phenols is 2. The molecule has 2 heteroatoms. The minimum absolute atomic E-state index is 0.121. The van der Waals surface area contributed by atoms with Crippen LogP contribution in [0, 0.1) is 6.07 Å². The van der Waals surface area contributed by atoms with E-state index in [9.17, 15) is 5.11 Å². The Kier molecular flexibility index (Phi) is 2.11. The molecule has 2 N–H and O–H groups in total. The maximum absolute atomic E-state index is 9.22. The summed E-state index contributed by atoms with van der Waals surface area (Å²) in [6.07, 6.45) is 0. The molecule has 14 heavy (non-hydrogen) atoms. The van der Waals surface area contributed by atoms with Gasteiger partial charge in [-0.05, 0) is 35.4 Å². The van der Waals surface area contributed by atoms with Gasteiger partial charge in [-0.3, -0.25) is 0 Å². The number of benzene rings is 2. The quantitative estimate of drug-likeness (QED) is 0.716. The topological polar surface area (TPSA) is 40.5 Å². The molecule has 0 unspecified atom stereocenters. The molecule has 0 saturated heterocycles. The van der Waals surface area contributed by atoms with Crippen LogP contribution >= 0.6 is 0 Å². The molecule has 0 bridgehead atoms. The summed E-state index contributed by atoms with van der Waals surface area (Å²) < 4.78 is 0. The van der Waals surface area contributed by atoms with Crippen molar-refractivity contribution in [2.75, 3.05) is 0 Å². The average molecular weight is 185 g/mol. The van der Waals surface area contributed by atoms with Crippen molar-refractivity contribution in [3.05, 3.63) is 48.5 Å². The normalized spacial score (nSPS) is 10.0. The Morgan fingerprint density at radius 1 is 0.857 bits per heavy atom. The molecular weight excluding hydrogens is 176 g/mol. The highest BCUT2D eigenvalue weighted by Crippen LogP contribution is 2.24. The largest absolute Gasteiger partial charge is 0.508 e. The molecule has 69 valence electrons. The van der Waals surface area contributed by atoms with Crippen LogP contribution < -0.4 is 0 Å². The fourth-order valence-corrected chi connectivity index (χ4v) is 1.29. The molecule has 0 heterocycles. The van der Waals surface area contributed by atoms with Crippen molar-refractivity contribution < 1.29 is 10.2 Å². The molecule has 0 atom stereocenters. The molecular formula is C12H9O2. The van der Waals surface area contributed by atoms with E-state index in [-0.39, 0.29) is 11.5 Å². The van der Waals surface area contributed by atoms with Gasteiger partial charge in [0, 0.05) is 6.07 Å². The van der Waals surface area contributed by atoms with Crippen molar-refractivity contribution in [1.82, 2.24) is 0 Å². The Labute approximate surface area is 82.1 Å². The zero-order valence-electron chi connectivity index (χ0n) is 7.44. The van der Waals surface area contributed by atoms with E-state index in [1.165, 1.54) is 0 Å². The Morgan fingerprint density at radius 2 is 1.57 bits per heavy atom. The molecule has 2 aromatic carbocycles. The van der Waals surface area contributed by atoms with Crippen LogP contribution in [0.15, 0.2) is 42.5 Å². The van der Waals surface area contributed by atoms with Gasteiger partial charge in [0.2, 0.25) is 0 Å². The van der Waals surface area contributed by atoms with Crippen LogP contribution in [0.4, 0.5) is 0 Å². The van der Waals surface area contributed by atoms with E-state index in [4.69, 9.17) is 5.11 Å². The lowest BCUT2D eigenvalue weighted by molar-refractivity contribution is 0.474. The predicted octanol–water partition coefficient (Wildman–Crippen LogP) is 2.56. The van der Waals surface area contributed by atoms with Gasteiger partial charge in [0.1, 0.15) is 11.5 Å². The molecule has 2 nitrogen and oxygen atoms in total. The van der Waals surface area contributed by atoms with E-state index in [2.05, 4.69) is 6.07 Å². The van der Waals surface area contributed by atoms with E-state index < -0.39 is 0 Å². The van der Waals surface area contributed by atoms with Gasteiger partial charge in [-0.2, -0.15) is 0 Å². The number of hydrogen-bond donors (Lipinski definition) is 2. The molecule has 0 saturated carbocycles. The fraction of sp³-hybridized carbons (Fsp3) is 0. The van der Waals surface area contributed by atoms with Crippen molar-refractivity contribution in [1.29, 1.82) is 0 Å². The second kappa shape index (κ2) is 3.42. The molecule has 0 amide bonds. The van der Waals surface area contributed by atoms with Crippen LogP contribution in [0.5, 0.6) is 11.5 Å². The summed E-state index contributed by atoms with van der Waals surface area (Å²) in [6, 6.07) is 14.6. The van der Waals surface area contributed by atoms with E-state index in [0.717, 1.165) is 11.1 Å². The summed E-state index contributed by atoms with van der Waals surface area (Å²) in [4.78, 5) is 0. The number of hydrogen-bond acceptors (Lipinski definition) is 2. The van der Waals surface area contributed by atoms with Gasteiger partial charge in [0.25, 0.3) is 0 Å². The zero-order valence-corrected chi connectivity index (χ0v) is 7.44. The van der Waals surface area contributed by atoms with E-state index in [1.54, 1.807) is 36.4 Å². The fourth-order valence-electron chi connectivity index (χ4n) is 1.29. The molecule has 0 aliphatic carbocycles. The van der Waals surface area contributed by atoms with Crippen LogP contribution in [0.2, 0.25) is 0 Å². The summed E-state index contributed by atoms with van der Waals surface area (Å²) in [5.41, 5.74) is 1.85. The highest BCUT2D eigenvalue weighted by atomic mass is 16.3. The van der Waals surface area contributed by atoms with Gasteiger partial charge in [0.05, 0.1) is 0 Å². The Balaban J connectivity index is 2.44. The van der Waals surface area contributed by atoms with Crippen molar-refractivity contribution in [2.24, 2.45) is 0 Å². The van der Waals surface area contributed by atoms with E-state index in [1.807, 2.05) is 6.07 Å². The SMILES string of the molecule is Oc1[c]ccc(-c2ccc(O)cc2)c1. The van der Waals surface area contributed by atoms with Gasteiger partial charge < -0.3 is 10.2 Å². The first-order valence-electron chi connectivity index (χ1n) is 4.26. The second-order valence-electron chi connectivity index (χ2n) is 3.01. The van der Waals surface area contributed by atoms with E-state index >= 15 is 0 Å². The second-order valence-corrected chi connectivity index (χ2v) is 3.01. The zero-order chi connectivity index (χ0) is 9.97.